The third-order valence-electron chi connectivity index (χ3n) is 3.66. The van der Waals surface area contributed by atoms with Crippen LogP contribution in [0.2, 0.25) is 0 Å². The van der Waals surface area contributed by atoms with Crippen molar-refractivity contribution in [1.29, 1.82) is 0 Å². The minimum Gasteiger partial charge on any atom is -0.328 e. The van der Waals surface area contributed by atoms with Crippen molar-refractivity contribution in [1.82, 2.24) is 10.2 Å². The van der Waals surface area contributed by atoms with E-state index in [1.165, 1.54) is 25.7 Å². The summed E-state index contributed by atoms with van der Waals surface area (Å²) in [6, 6.07) is 0.591. The van der Waals surface area contributed by atoms with Gasteiger partial charge in [-0.3, -0.25) is 4.79 Å². The van der Waals surface area contributed by atoms with Crippen molar-refractivity contribution in [2.24, 2.45) is 0 Å². The lowest BCUT2D eigenvalue weighted by Crippen LogP contribution is -2.42. The van der Waals surface area contributed by atoms with E-state index in [0.717, 1.165) is 19.4 Å². The number of terminal acetylenes is 1. The molecule has 1 N–H and O–H groups in total. The van der Waals surface area contributed by atoms with Crippen LogP contribution in [0.1, 0.15) is 38.5 Å². The predicted molar refractivity (Wildman–Crippen MR) is 63.8 cm³/mol. The monoisotopic (exact) mass is 220 g/mol. The summed E-state index contributed by atoms with van der Waals surface area (Å²) in [4.78, 5) is 13.8. The lowest BCUT2D eigenvalue weighted by atomic mass is 10.2. The van der Waals surface area contributed by atoms with E-state index in [1.54, 1.807) is 0 Å². The molecular weight excluding hydrogens is 200 g/mol. The van der Waals surface area contributed by atoms with Crippen molar-refractivity contribution in [3.05, 3.63) is 0 Å². The van der Waals surface area contributed by atoms with Gasteiger partial charge in [0.25, 0.3) is 0 Å². The van der Waals surface area contributed by atoms with E-state index in [2.05, 4.69) is 11.2 Å². The summed E-state index contributed by atoms with van der Waals surface area (Å²) < 4.78 is 0. The van der Waals surface area contributed by atoms with E-state index in [-0.39, 0.29) is 11.9 Å². The van der Waals surface area contributed by atoms with Crippen molar-refractivity contribution < 1.29 is 4.79 Å². The Morgan fingerprint density at radius 3 is 2.75 bits per heavy atom. The fraction of sp³-hybridized carbons (Fsp3) is 0.769. The van der Waals surface area contributed by atoms with Crippen LogP contribution in [-0.2, 0) is 4.79 Å². The van der Waals surface area contributed by atoms with E-state index >= 15 is 0 Å². The second kappa shape index (κ2) is 5.36. The van der Waals surface area contributed by atoms with Crippen LogP contribution in [-0.4, -0.2) is 36.0 Å². The summed E-state index contributed by atoms with van der Waals surface area (Å²) in [5, 5.41) is 3.34. The maximum Gasteiger partial charge on any atom is 0.237 e. The van der Waals surface area contributed by atoms with E-state index in [0.29, 0.717) is 12.6 Å². The molecule has 2 fully saturated rings. The molecule has 1 saturated carbocycles. The van der Waals surface area contributed by atoms with Crippen molar-refractivity contribution in [3.63, 3.8) is 0 Å². The summed E-state index contributed by atoms with van der Waals surface area (Å²) in [7, 11) is 0. The Balaban J connectivity index is 1.76. The molecule has 0 radical (unpaired) electrons. The van der Waals surface area contributed by atoms with Gasteiger partial charge in [0, 0.05) is 12.6 Å². The molecule has 0 aromatic carbocycles. The molecule has 1 aliphatic heterocycles. The van der Waals surface area contributed by atoms with Crippen LogP contribution in [0.15, 0.2) is 0 Å². The first-order valence-corrected chi connectivity index (χ1v) is 6.30. The maximum atomic E-state index is 11.9. The van der Waals surface area contributed by atoms with Gasteiger partial charge in [0.15, 0.2) is 0 Å². The van der Waals surface area contributed by atoms with Crippen LogP contribution in [0.3, 0.4) is 0 Å². The van der Waals surface area contributed by atoms with Crippen LogP contribution >= 0.6 is 0 Å². The molecule has 0 spiro atoms. The van der Waals surface area contributed by atoms with Gasteiger partial charge in [-0.1, -0.05) is 18.8 Å². The first-order valence-electron chi connectivity index (χ1n) is 6.30. The maximum absolute atomic E-state index is 11.9. The Morgan fingerprint density at radius 1 is 1.31 bits per heavy atom. The molecule has 2 aliphatic rings. The lowest BCUT2D eigenvalue weighted by molar-refractivity contribution is -0.130. The van der Waals surface area contributed by atoms with Gasteiger partial charge in [-0.2, -0.15) is 0 Å². The summed E-state index contributed by atoms with van der Waals surface area (Å²) in [5.41, 5.74) is 0. The van der Waals surface area contributed by atoms with Crippen LogP contribution in [0, 0.1) is 12.3 Å². The highest BCUT2D eigenvalue weighted by atomic mass is 16.2. The molecule has 0 unspecified atom stereocenters. The standard InChI is InChI=1S/C13H20N2O/c1-2-12-8-5-9-15(12)13(16)10-14-11-6-3-4-7-11/h1,11-12,14H,3-10H2/t12-/m0/s1. The van der Waals surface area contributed by atoms with Gasteiger partial charge >= 0.3 is 0 Å². The third kappa shape index (κ3) is 2.56. The number of carbonyl (C=O) groups is 1. The average Bonchev–Trinajstić information content (AvgIpc) is 2.96. The molecule has 0 aromatic rings. The Hall–Kier alpha value is -1.01. The first kappa shape index (κ1) is 11.5. The summed E-state index contributed by atoms with van der Waals surface area (Å²) >= 11 is 0. The smallest absolute Gasteiger partial charge is 0.237 e. The highest BCUT2D eigenvalue weighted by Gasteiger charge is 2.27. The molecule has 1 saturated heterocycles. The van der Waals surface area contributed by atoms with Crippen LogP contribution < -0.4 is 5.32 Å². The normalized spacial score (nSPS) is 25.9. The molecule has 1 amide bonds. The molecule has 0 bridgehead atoms. The predicted octanol–water partition coefficient (Wildman–Crippen LogP) is 1.14. The fourth-order valence-electron chi connectivity index (χ4n) is 2.70. The Labute approximate surface area is 97.6 Å². The number of amides is 1. The van der Waals surface area contributed by atoms with Gasteiger partial charge in [0.2, 0.25) is 5.91 Å². The van der Waals surface area contributed by atoms with E-state index in [1.807, 2.05) is 4.90 Å². The summed E-state index contributed by atoms with van der Waals surface area (Å²) in [6.07, 6.45) is 12.4. The number of hydrogen-bond donors (Lipinski definition) is 1. The van der Waals surface area contributed by atoms with Gasteiger partial charge in [0.05, 0.1) is 12.6 Å². The first-order chi connectivity index (χ1) is 7.81. The zero-order valence-corrected chi connectivity index (χ0v) is 9.74. The highest BCUT2D eigenvalue weighted by Crippen LogP contribution is 2.18. The van der Waals surface area contributed by atoms with Crippen molar-refractivity contribution >= 4 is 5.91 Å². The Morgan fingerprint density at radius 2 is 2.06 bits per heavy atom. The zero-order chi connectivity index (χ0) is 11.4. The van der Waals surface area contributed by atoms with E-state index < -0.39 is 0 Å². The van der Waals surface area contributed by atoms with E-state index in [9.17, 15) is 4.79 Å². The lowest BCUT2D eigenvalue weighted by Gasteiger charge is -2.22. The molecule has 2 rings (SSSR count). The van der Waals surface area contributed by atoms with E-state index in [4.69, 9.17) is 6.42 Å². The molecule has 1 heterocycles. The van der Waals surface area contributed by atoms with Crippen molar-refractivity contribution in [2.75, 3.05) is 13.1 Å². The number of carbonyl (C=O) groups excluding carboxylic acids is 1. The molecule has 3 nitrogen and oxygen atoms in total. The molecule has 16 heavy (non-hydrogen) atoms. The number of nitrogens with one attached hydrogen (secondary N) is 1. The Bertz CT molecular complexity index is 289. The molecular formula is C13H20N2O. The molecule has 1 aliphatic carbocycles. The fourth-order valence-corrected chi connectivity index (χ4v) is 2.70. The van der Waals surface area contributed by atoms with Crippen LogP contribution in [0.5, 0.6) is 0 Å². The molecule has 0 aromatic heterocycles. The molecule has 1 atom stereocenters. The zero-order valence-electron chi connectivity index (χ0n) is 9.74. The molecule has 88 valence electrons. The van der Waals surface area contributed by atoms with Crippen molar-refractivity contribution in [3.8, 4) is 12.3 Å². The van der Waals surface area contributed by atoms with Gasteiger partial charge in [-0.25, -0.2) is 0 Å². The highest BCUT2D eigenvalue weighted by molar-refractivity contribution is 5.79. The second-order valence-electron chi connectivity index (χ2n) is 4.77. The minimum atomic E-state index is 0.0397. The largest absolute Gasteiger partial charge is 0.328 e. The summed E-state index contributed by atoms with van der Waals surface area (Å²) in [5.74, 6) is 2.87. The van der Waals surface area contributed by atoms with Gasteiger partial charge < -0.3 is 10.2 Å². The third-order valence-corrected chi connectivity index (χ3v) is 3.66. The molecule has 3 heteroatoms. The van der Waals surface area contributed by atoms with Gasteiger partial charge in [-0.05, 0) is 25.7 Å². The van der Waals surface area contributed by atoms with Gasteiger partial charge in [-0.15, -0.1) is 6.42 Å². The average molecular weight is 220 g/mol. The van der Waals surface area contributed by atoms with Crippen molar-refractivity contribution in [2.45, 2.75) is 50.6 Å². The number of likely N-dealkylation sites (tertiary alicyclic amines) is 1. The minimum absolute atomic E-state index is 0.0397. The number of nitrogens with zero attached hydrogens (tertiary/aromatic N) is 1. The Kier molecular flexibility index (Phi) is 3.84. The van der Waals surface area contributed by atoms with Gasteiger partial charge in [0.1, 0.15) is 0 Å². The topological polar surface area (TPSA) is 32.3 Å². The number of hydrogen-bond acceptors (Lipinski definition) is 2. The second-order valence-corrected chi connectivity index (χ2v) is 4.77. The quantitative estimate of drug-likeness (QED) is 0.723. The number of rotatable bonds is 3. The SMILES string of the molecule is C#C[C@H]1CCCN1C(=O)CNC1CCCC1. The summed E-state index contributed by atoms with van der Waals surface area (Å²) in [6.45, 7) is 1.29. The van der Waals surface area contributed by atoms with Crippen LogP contribution in [0.25, 0.3) is 0 Å². The van der Waals surface area contributed by atoms with Crippen LogP contribution in [0.4, 0.5) is 0 Å².